The van der Waals surface area contributed by atoms with Crippen LogP contribution in [0.5, 0.6) is 0 Å². The number of hydroxylamine groups is 1. The summed E-state index contributed by atoms with van der Waals surface area (Å²) in [5, 5.41) is 12.7. The first-order valence-corrected chi connectivity index (χ1v) is 14.1. The fraction of sp³-hybridized carbons (Fsp3) is 0.833. The summed E-state index contributed by atoms with van der Waals surface area (Å²) >= 11 is 0. The number of ketones is 1. The van der Waals surface area contributed by atoms with Gasteiger partial charge in [0.1, 0.15) is 0 Å². The zero-order valence-electron chi connectivity index (χ0n) is 23.3. The predicted octanol–water partition coefficient (Wildman–Crippen LogP) is 5.34. The Morgan fingerprint density at radius 3 is 2.31 bits per heavy atom. The lowest BCUT2D eigenvalue weighted by atomic mass is 9.35. The second-order valence-electron chi connectivity index (χ2n) is 15.0. The lowest BCUT2D eigenvalue weighted by Crippen LogP contribution is -2.66. The van der Waals surface area contributed by atoms with Gasteiger partial charge >= 0.3 is 0 Å². The minimum Gasteiger partial charge on any atom is -0.351 e. The van der Waals surface area contributed by atoms with Crippen LogP contribution in [0.25, 0.3) is 0 Å². The first-order valence-electron chi connectivity index (χ1n) is 14.1. The van der Waals surface area contributed by atoms with E-state index in [1.807, 2.05) is 18.5 Å². The molecule has 4 fully saturated rings. The Balaban J connectivity index is 1.62. The van der Waals surface area contributed by atoms with Crippen molar-refractivity contribution in [2.75, 3.05) is 0 Å². The van der Waals surface area contributed by atoms with E-state index < -0.39 is 5.41 Å². The largest absolute Gasteiger partial charge is 0.351 e. The number of hydrogen-bond acceptors (Lipinski definition) is 4. The summed E-state index contributed by atoms with van der Waals surface area (Å²) in [6.07, 6.45) is 9.65. The van der Waals surface area contributed by atoms with Crippen LogP contribution in [0, 0.1) is 44.8 Å². The highest BCUT2D eigenvalue weighted by Gasteiger charge is 2.69. The Kier molecular flexibility index (Phi) is 5.53. The molecule has 1 saturated heterocycles. The molecule has 2 amide bonds. The second-order valence-corrected chi connectivity index (χ2v) is 15.0. The van der Waals surface area contributed by atoms with Gasteiger partial charge in [0.25, 0.3) is 0 Å². The van der Waals surface area contributed by atoms with Crippen molar-refractivity contribution >= 4 is 17.6 Å². The quantitative estimate of drug-likeness (QED) is 0.336. The Hall–Kier alpha value is -1.69. The van der Waals surface area contributed by atoms with Crippen LogP contribution in [0.3, 0.4) is 0 Å². The molecule has 0 spiro atoms. The van der Waals surface area contributed by atoms with Crippen molar-refractivity contribution < 1.29 is 19.6 Å². The van der Waals surface area contributed by atoms with Crippen molar-refractivity contribution in [3.8, 4) is 0 Å². The van der Waals surface area contributed by atoms with Gasteiger partial charge in [0.2, 0.25) is 11.8 Å². The molecule has 36 heavy (non-hydrogen) atoms. The number of fused-ring (bicyclic) bond motifs is 7. The Labute approximate surface area is 216 Å². The van der Waals surface area contributed by atoms with E-state index >= 15 is 0 Å². The van der Waals surface area contributed by atoms with Gasteiger partial charge < -0.3 is 5.32 Å². The van der Waals surface area contributed by atoms with E-state index in [0.29, 0.717) is 12.8 Å². The highest BCUT2D eigenvalue weighted by Crippen LogP contribution is 2.73. The number of carbonyl (C=O) groups excluding carboxylic acids is 3. The van der Waals surface area contributed by atoms with E-state index in [4.69, 9.17) is 0 Å². The normalized spacial score (nSPS) is 49.8. The molecule has 0 aromatic carbocycles. The summed E-state index contributed by atoms with van der Waals surface area (Å²) in [4.78, 5) is 39.7. The monoisotopic (exact) mass is 498 g/mol. The van der Waals surface area contributed by atoms with Gasteiger partial charge in [-0.15, -0.1) is 0 Å². The third-order valence-electron chi connectivity index (χ3n) is 12.7. The number of nitrogens with one attached hydrogen (secondary N) is 2. The molecule has 1 heterocycles. The SMILES string of the molecule is CC1(C)NC(=O)CC[C@]2(C)[C@H]3C(=O)C=C4[C@@H]5C[C@@](C)(C(=O)NO)CC[C@]5(C)CC[C@@]4(C)[C@]3(C)CC[C@@H]12. The maximum atomic E-state index is 14.3. The van der Waals surface area contributed by atoms with Crippen molar-refractivity contribution in [1.29, 1.82) is 0 Å². The first-order chi connectivity index (χ1) is 16.6. The van der Waals surface area contributed by atoms with Crippen molar-refractivity contribution in [2.45, 2.75) is 112 Å². The Morgan fingerprint density at radius 2 is 1.64 bits per heavy atom. The van der Waals surface area contributed by atoms with E-state index in [2.05, 4.69) is 46.9 Å². The molecule has 0 aromatic rings. The molecule has 0 unspecified atom stereocenters. The average Bonchev–Trinajstić information content (AvgIpc) is 2.88. The maximum Gasteiger partial charge on any atom is 0.249 e. The summed E-state index contributed by atoms with van der Waals surface area (Å²) in [5.41, 5.74) is 1.67. The van der Waals surface area contributed by atoms with Crippen molar-refractivity contribution in [3.05, 3.63) is 11.6 Å². The Bertz CT molecular complexity index is 1050. The van der Waals surface area contributed by atoms with Gasteiger partial charge in [-0.1, -0.05) is 40.2 Å². The molecule has 0 bridgehead atoms. The molecular weight excluding hydrogens is 452 g/mol. The maximum absolute atomic E-state index is 14.3. The minimum atomic E-state index is -0.639. The van der Waals surface area contributed by atoms with Crippen LogP contribution < -0.4 is 10.8 Å². The standard InChI is InChI=1S/C30H46N2O4/c1-25(2)21-8-11-30(7)23(28(21,5)10-9-22(34)31-25)20(33)16-18-19-17-27(4,24(35)32-36)13-12-26(19,3)14-15-29(18,30)6/h16,19,21,23,36H,8-15,17H2,1-7H3,(H,31,34)(H,32,35)/t19-,21-,23+,26+,27-,28-,29+,30+/m0/s1. The van der Waals surface area contributed by atoms with E-state index in [1.54, 1.807) is 0 Å². The van der Waals surface area contributed by atoms with Crippen LogP contribution in [-0.2, 0) is 14.4 Å². The van der Waals surface area contributed by atoms with Crippen LogP contribution in [-0.4, -0.2) is 28.3 Å². The molecule has 0 aromatic heterocycles. The van der Waals surface area contributed by atoms with Crippen LogP contribution >= 0.6 is 0 Å². The van der Waals surface area contributed by atoms with Crippen molar-refractivity contribution in [1.82, 2.24) is 10.8 Å². The summed E-state index contributed by atoms with van der Waals surface area (Å²) < 4.78 is 0. The van der Waals surface area contributed by atoms with Gasteiger partial charge in [-0.05, 0) is 105 Å². The molecule has 200 valence electrons. The second kappa shape index (κ2) is 7.68. The number of rotatable bonds is 1. The number of hydrogen-bond donors (Lipinski definition) is 3. The van der Waals surface area contributed by atoms with E-state index in [1.165, 1.54) is 5.57 Å². The van der Waals surface area contributed by atoms with Crippen LogP contribution in [0.15, 0.2) is 11.6 Å². The van der Waals surface area contributed by atoms with Crippen LogP contribution in [0.4, 0.5) is 0 Å². The molecule has 1 aliphatic heterocycles. The number of allylic oxidation sites excluding steroid dienone is 2. The molecule has 3 N–H and O–H groups in total. The molecule has 5 rings (SSSR count). The summed E-state index contributed by atoms with van der Waals surface area (Å²) in [7, 11) is 0. The molecule has 3 saturated carbocycles. The molecular formula is C30H46N2O4. The summed E-state index contributed by atoms with van der Waals surface area (Å²) in [6.45, 7) is 15.6. The lowest BCUT2D eigenvalue weighted by molar-refractivity contribution is -0.171. The van der Waals surface area contributed by atoms with Gasteiger partial charge in [0, 0.05) is 23.3 Å². The zero-order chi connectivity index (χ0) is 26.5. The fourth-order valence-electron chi connectivity index (χ4n) is 10.3. The van der Waals surface area contributed by atoms with Gasteiger partial charge in [-0.2, -0.15) is 0 Å². The lowest BCUT2D eigenvalue weighted by Gasteiger charge is -2.69. The first kappa shape index (κ1) is 25.9. The molecule has 4 aliphatic carbocycles. The van der Waals surface area contributed by atoms with Gasteiger partial charge in [0.05, 0.1) is 0 Å². The van der Waals surface area contributed by atoms with Crippen LogP contribution in [0.1, 0.15) is 106 Å². The van der Waals surface area contributed by atoms with Gasteiger partial charge in [0.15, 0.2) is 5.78 Å². The molecule has 0 radical (unpaired) electrons. The third kappa shape index (κ3) is 3.21. The zero-order valence-corrected chi connectivity index (χ0v) is 23.3. The summed E-state index contributed by atoms with van der Waals surface area (Å²) in [6, 6.07) is 0. The van der Waals surface area contributed by atoms with Crippen LogP contribution in [0.2, 0.25) is 0 Å². The number of amides is 2. The number of carbonyl (C=O) groups is 3. The fourth-order valence-corrected chi connectivity index (χ4v) is 10.3. The van der Waals surface area contributed by atoms with Crippen molar-refractivity contribution in [3.63, 3.8) is 0 Å². The van der Waals surface area contributed by atoms with Gasteiger partial charge in [-0.3, -0.25) is 19.6 Å². The molecule has 5 aliphatic rings. The summed E-state index contributed by atoms with van der Waals surface area (Å²) in [5.74, 6) is 0.287. The molecule has 8 atom stereocenters. The van der Waals surface area contributed by atoms with E-state index in [0.717, 1.165) is 44.9 Å². The predicted molar refractivity (Wildman–Crippen MR) is 138 cm³/mol. The van der Waals surface area contributed by atoms with E-state index in [-0.39, 0.29) is 62.6 Å². The van der Waals surface area contributed by atoms with Gasteiger partial charge in [-0.25, -0.2) is 5.48 Å². The molecule has 6 heteroatoms. The topological polar surface area (TPSA) is 95.5 Å². The highest BCUT2D eigenvalue weighted by molar-refractivity contribution is 5.96. The highest BCUT2D eigenvalue weighted by atomic mass is 16.5. The molecule has 6 nitrogen and oxygen atoms in total. The minimum absolute atomic E-state index is 0.0613. The van der Waals surface area contributed by atoms with E-state index in [9.17, 15) is 19.6 Å². The van der Waals surface area contributed by atoms with Crippen molar-refractivity contribution in [2.24, 2.45) is 44.8 Å². The smallest absolute Gasteiger partial charge is 0.249 e. The Morgan fingerprint density at radius 1 is 0.972 bits per heavy atom. The third-order valence-corrected chi connectivity index (χ3v) is 12.7. The average molecular weight is 499 g/mol.